The molecule has 0 bridgehead atoms. The largest absolute Gasteiger partial charge is 0.366 e. The van der Waals surface area contributed by atoms with Gasteiger partial charge in [0, 0.05) is 23.4 Å². The molecule has 0 atom stereocenters. The summed E-state index contributed by atoms with van der Waals surface area (Å²) >= 11 is 0. The number of para-hydroxylation sites is 1. The van der Waals surface area contributed by atoms with Crippen LogP contribution in [0.2, 0.25) is 0 Å². The van der Waals surface area contributed by atoms with Crippen LogP contribution in [0.3, 0.4) is 0 Å². The third-order valence-electron chi connectivity index (χ3n) is 3.50. The number of nitrogens with zero attached hydrogens (tertiary/aromatic N) is 1. The van der Waals surface area contributed by atoms with E-state index >= 15 is 0 Å². The Hall–Kier alpha value is -2.03. The molecule has 1 aromatic heterocycles. The van der Waals surface area contributed by atoms with Gasteiger partial charge in [-0.3, -0.25) is 4.79 Å². The van der Waals surface area contributed by atoms with Crippen molar-refractivity contribution in [2.75, 3.05) is 0 Å². The van der Waals surface area contributed by atoms with Gasteiger partial charge in [-0.1, -0.05) is 44.4 Å². The molecule has 0 aliphatic carbocycles. The summed E-state index contributed by atoms with van der Waals surface area (Å²) in [6.45, 7) is 2.21. The molecule has 106 valence electrons. The average Bonchev–Trinajstić information content (AvgIpc) is 2.79. The van der Waals surface area contributed by atoms with Crippen LogP contribution in [0.5, 0.6) is 0 Å². The topological polar surface area (TPSA) is 48.0 Å². The lowest BCUT2D eigenvalue weighted by molar-refractivity contribution is -0.113. The summed E-state index contributed by atoms with van der Waals surface area (Å²) in [5, 5.41) is 1.20. The smallest absolute Gasteiger partial charge is 0.242 e. The van der Waals surface area contributed by atoms with E-state index in [1.165, 1.54) is 42.8 Å². The van der Waals surface area contributed by atoms with Crippen molar-refractivity contribution in [3.63, 3.8) is 0 Å². The van der Waals surface area contributed by atoms with Gasteiger partial charge in [0.1, 0.15) is 0 Å². The Bertz CT molecular complexity index is 610. The standard InChI is InChI=1S/C17H22N2O/c1-2-3-4-5-9-15-13-14-8-6-7-10-16(14)19(15)12-11-17(18)20/h6-8,10-13H,2-5,9H2,1H3,(H2,18,20)/b12-11+. The number of aryl methyl sites for hydroxylation is 1. The highest BCUT2D eigenvalue weighted by Gasteiger charge is 2.06. The van der Waals surface area contributed by atoms with Crippen LogP contribution in [0.1, 0.15) is 38.3 Å². The molecule has 3 nitrogen and oxygen atoms in total. The molecule has 1 aromatic carbocycles. The van der Waals surface area contributed by atoms with Crippen molar-refractivity contribution in [1.29, 1.82) is 0 Å². The fourth-order valence-electron chi connectivity index (χ4n) is 2.48. The number of rotatable bonds is 7. The number of carbonyl (C=O) groups is 1. The zero-order valence-corrected chi connectivity index (χ0v) is 12.0. The Morgan fingerprint density at radius 1 is 1.25 bits per heavy atom. The Labute approximate surface area is 120 Å². The van der Waals surface area contributed by atoms with E-state index in [4.69, 9.17) is 5.73 Å². The summed E-state index contributed by atoms with van der Waals surface area (Å²) in [4.78, 5) is 11.0. The third kappa shape index (κ3) is 3.50. The minimum absolute atomic E-state index is 0.417. The minimum atomic E-state index is -0.417. The van der Waals surface area contributed by atoms with Crippen molar-refractivity contribution in [2.45, 2.75) is 39.0 Å². The van der Waals surface area contributed by atoms with Gasteiger partial charge in [-0.2, -0.15) is 0 Å². The monoisotopic (exact) mass is 270 g/mol. The van der Waals surface area contributed by atoms with Crippen molar-refractivity contribution < 1.29 is 4.79 Å². The number of carbonyl (C=O) groups excluding carboxylic acids is 1. The SMILES string of the molecule is CCCCCCc1cc2ccccc2n1/C=C/C(N)=O. The zero-order valence-electron chi connectivity index (χ0n) is 12.0. The van der Waals surface area contributed by atoms with Gasteiger partial charge in [-0.25, -0.2) is 0 Å². The number of fused-ring (bicyclic) bond motifs is 1. The van der Waals surface area contributed by atoms with Crippen LogP contribution in [-0.4, -0.2) is 10.5 Å². The van der Waals surface area contributed by atoms with Gasteiger partial charge in [-0.15, -0.1) is 0 Å². The van der Waals surface area contributed by atoms with E-state index in [0.717, 1.165) is 11.9 Å². The van der Waals surface area contributed by atoms with Crippen molar-refractivity contribution in [3.8, 4) is 0 Å². The highest BCUT2D eigenvalue weighted by Crippen LogP contribution is 2.22. The van der Waals surface area contributed by atoms with E-state index < -0.39 is 5.91 Å². The Balaban J connectivity index is 2.26. The molecule has 3 heteroatoms. The molecule has 0 saturated carbocycles. The van der Waals surface area contributed by atoms with E-state index in [1.54, 1.807) is 6.20 Å². The van der Waals surface area contributed by atoms with Gasteiger partial charge < -0.3 is 10.3 Å². The first-order valence-electron chi connectivity index (χ1n) is 7.29. The predicted octanol–water partition coefficient (Wildman–Crippen LogP) is 3.72. The maximum atomic E-state index is 11.0. The maximum Gasteiger partial charge on any atom is 0.242 e. The fraction of sp³-hybridized carbons (Fsp3) is 0.353. The number of hydrogen-bond acceptors (Lipinski definition) is 1. The summed E-state index contributed by atoms with van der Waals surface area (Å²) in [5.74, 6) is -0.417. The second kappa shape index (κ2) is 6.94. The lowest BCUT2D eigenvalue weighted by Gasteiger charge is -2.05. The summed E-state index contributed by atoms with van der Waals surface area (Å²) in [6.07, 6.45) is 9.16. The number of amides is 1. The number of nitrogens with two attached hydrogens (primary N) is 1. The lowest BCUT2D eigenvalue weighted by atomic mass is 10.1. The number of unbranched alkanes of at least 4 members (excludes halogenated alkanes) is 3. The second-order valence-electron chi connectivity index (χ2n) is 5.09. The molecule has 0 unspecified atom stereocenters. The first-order chi connectivity index (χ1) is 9.72. The van der Waals surface area contributed by atoms with Crippen LogP contribution in [-0.2, 0) is 11.2 Å². The molecule has 0 saturated heterocycles. The molecule has 0 aliphatic heterocycles. The maximum absolute atomic E-state index is 11.0. The summed E-state index contributed by atoms with van der Waals surface area (Å²) in [6, 6.07) is 10.4. The molecular formula is C17H22N2O. The fourth-order valence-corrected chi connectivity index (χ4v) is 2.48. The van der Waals surface area contributed by atoms with Crippen LogP contribution in [0.25, 0.3) is 17.1 Å². The lowest BCUT2D eigenvalue weighted by Crippen LogP contribution is -2.06. The second-order valence-corrected chi connectivity index (χ2v) is 5.09. The van der Waals surface area contributed by atoms with Gasteiger partial charge in [0.2, 0.25) is 5.91 Å². The highest BCUT2D eigenvalue weighted by molar-refractivity contribution is 5.90. The first kappa shape index (κ1) is 14.4. The number of primary amides is 1. The van der Waals surface area contributed by atoms with Crippen molar-refractivity contribution in [1.82, 2.24) is 4.57 Å². The number of aromatic nitrogens is 1. The predicted molar refractivity (Wildman–Crippen MR) is 84.3 cm³/mol. The van der Waals surface area contributed by atoms with E-state index in [0.29, 0.717) is 0 Å². The minimum Gasteiger partial charge on any atom is -0.366 e. The van der Waals surface area contributed by atoms with Gasteiger partial charge >= 0.3 is 0 Å². The van der Waals surface area contributed by atoms with Gasteiger partial charge in [0.25, 0.3) is 0 Å². The molecule has 2 N–H and O–H groups in total. The number of hydrogen-bond donors (Lipinski definition) is 1. The van der Waals surface area contributed by atoms with Crippen LogP contribution in [0, 0.1) is 0 Å². The van der Waals surface area contributed by atoms with Gasteiger partial charge in [0.15, 0.2) is 0 Å². The average molecular weight is 270 g/mol. The highest BCUT2D eigenvalue weighted by atomic mass is 16.1. The van der Waals surface area contributed by atoms with Crippen molar-refractivity contribution in [2.24, 2.45) is 5.73 Å². The molecule has 0 fully saturated rings. The Morgan fingerprint density at radius 3 is 2.80 bits per heavy atom. The van der Waals surface area contributed by atoms with Crippen LogP contribution in [0.15, 0.2) is 36.4 Å². The molecule has 20 heavy (non-hydrogen) atoms. The van der Waals surface area contributed by atoms with Crippen LogP contribution < -0.4 is 5.73 Å². The van der Waals surface area contributed by atoms with Crippen LogP contribution in [0.4, 0.5) is 0 Å². The zero-order chi connectivity index (χ0) is 14.4. The molecule has 0 spiro atoms. The molecule has 2 rings (SSSR count). The van der Waals surface area contributed by atoms with Crippen molar-refractivity contribution >= 4 is 23.0 Å². The van der Waals surface area contributed by atoms with E-state index in [-0.39, 0.29) is 0 Å². The molecule has 1 amide bonds. The molecule has 0 radical (unpaired) electrons. The van der Waals surface area contributed by atoms with Gasteiger partial charge in [-0.05, 0) is 25.0 Å². The quantitative estimate of drug-likeness (QED) is 0.605. The molecular weight excluding hydrogens is 248 g/mol. The van der Waals surface area contributed by atoms with Gasteiger partial charge in [0.05, 0.1) is 5.52 Å². The van der Waals surface area contributed by atoms with E-state index in [2.05, 4.69) is 29.7 Å². The summed E-state index contributed by atoms with van der Waals surface area (Å²) in [7, 11) is 0. The normalized spacial score (nSPS) is 11.4. The Morgan fingerprint density at radius 2 is 2.05 bits per heavy atom. The Kier molecular flexibility index (Phi) is 4.99. The molecule has 0 aliphatic rings. The third-order valence-corrected chi connectivity index (χ3v) is 3.50. The molecule has 1 heterocycles. The van der Waals surface area contributed by atoms with E-state index in [9.17, 15) is 4.79 Å². The summed E-state index contributed by atoms with van der Waals surface area (Å²) in [5.41, 5.74) is 7.56. The van der Waals surface area contributed by atoms with Crippen molar-refractivity contribution in [3.05, 3.63) is 42.1 Å². The molecule has 2 aromatic rings. The summed E-state index contributed by atoms with van der Waals surface area (Å²) < 4.78 is 2.08. The first-order valence-corrected chi connectivity index (χ1v) is 7.29. The van der Waals surface area contributed by atoms with Crippen LogP contribution >= 0.6 is 0 Å². The number of benzene rings is 1. The van der Waals surface area contributed by atoms with E-state index in [1.807, 2.05) is 12.1 Å².